The topological polar surface area (TPSA) is 17.0 Å². The lowest BCUT2D eigenvalue weighted by Crippen LogP contribution is -2.08. The summed E-state index contributed by atoms with van der Waals surface area (Å²) < 4.78 is 30.0. The van der Waals surface area contributed by atoms with E-state index >= 15 is 0 Å². The van der Waals surface area contributed by atoms with Crippen molar-refractivity contribution in [2.75, 3.05) is 14.1 Å². The summed E-state index contributed by atoms with van der Waals surface area (Å²) in [6, 6.07) is 1.39. The minimum absolute atomic E-state index is 0.441. The van der Waals surface area contributed by atoms with E-state index < -0.39 is 11.6 Å². The minimum atomic E-state index is -0.683. The second-order valence-electron chi connectivity index (χ2n) is 6.06. The van der Waals surface area contributed by atoms with Gasteiger partial charge < -0.3 is 9.88 Å². The Balaban J connectivity index is 0.000000409. The molecule has 21 heavy (non-hydrogen) atoms. The van der Waals surface area contributed by atoms with Gasteiger partial charge in [0.1, 0.15) is 0 Å². The fourth-order valence-electron chi connectivity index (χ4n) is 3.39. The van der Waals surface area contributed by atoms with Gasteiger partial charge in [0.15, 0.2) is 11.6 Å². The van der Waals surface area contributed by atoms with Crippen LogP contribution in [0.15, 0.2) is 12.3 Å². The smallest absolute Gasteiger partial charge is 0.168 e. The number of hydrogen-bond donors (Lipinski definition) is 1. The molecule has 114 valence electrons. The van der Waals surface area contributed by atoms with Crippen molar-refractivity contribution >= 4 is 10.9 Å². The molecule has 2 aliphatic rings. The van der Waals surface area contributed by atoms with E-state index in [-0.39, 0.29) is 0 Å². The van der Waals surface area contributed by atoms with Gasteiger partial charge in [-0.1, -0.05) is 6.42 Å². The Bertz CT molecular complexity index is 657. The van der Waals surface area contributed by atoms with Crippen LogP contribution in [0.3, 0.4) is 0 Å². The molecule has 1 fully saturated rings. The molecule has 1 N–H and O–H groups in total. The molecule has 0 atom stereocenters. The lowest BCUT2D eigenvalue weighted by molar-refractivity contribution is 0.420. The van der Waals surface area contributed by atoms with E-state index in [1.807, 2.05) is 14.1 Å². The molecule has 4 heteroatoms. The molecular weight excluding hydrogens is 270 g/mol. The van der Waals surface area contributed by atoms with Crippen LogP contribution < -0.4 is 5.32 Å². The summed E-state index contributed by atoms with van der Waals surface area (Å²) in [5.74, 6) is -0.884. The molecule has 0 spiro atoms. The number of nitrogens with zero attached hydrogens (tertiary/aromatic N) is 1. The summed E-state index contributed by atoms with van der Waals surface area (Å²) in [5, 5.41) is 3.31. The summed E-state index contributed by atoms with van der Waals surface area (Å²) in [4.78, 5) is 0. The predicted octanol–water partition coefficient (Wildman–Crippen LogP) is 3.97. The summed E-state index contributed by atoms with van der Waals surface area (Å²) in [6.07, 6.45) is 7.39. The highest BCUT2D eigenvalue weighted by Gasteiger charge is 2.28. The second kappa shape index (κ2) is 5.76. The fourth-order valence-corrected chi connectivity index (χ4v) is 3.39. The second-order valence-corrected chi connectivity index (χ2v) is 6.06. The molecular formula is C17H22F2N2. The molecule has 0 radical (unpaired) electrons. The van der Waals surface area contributed by atoms with Crippen molar-refractivity contribution in [2.24, 2.45) is 0 Å². The average Bonchev–Trinajstić information content (AvgIpc) is 2.75. The van der Waals surface area contributed by atoms with Crippen molar-refractivity contribution in [1.82, 2.24) is 9.88 Å². The third-order valence-electron chi connectivity index (χ3n) is 4.53. The first-order valence-electron chi connectivity index (χ1n) is 7.75. The normalized spacial score (nSPS) is 17.3. The maximum atomic E-state index is 14.1. The molecule has 1 aromatic heterocycles. The molecule has 2 heterocycles. The van der Waals surface area contributed by atoms with Gasteiger partial charge in [-0.25, -0.2) is 8.78 Å². The summed E-state index contributed by atoms with van der Waals surface area (Å²) >= 11 is 0. The lowest BCUT2D eigenvalue weighted by atomic mass is 9.80. The van der Waals surface area contributed by atoms with Gasteiger partial charge in [0.05, 0.1) is 5.52 Å². The van der Waals surface area contributed by atoms with Gasteiger partial charge >= 0.3 is 0 Å². The average molecular weight is 292 g/mol. The van der Waals surface area contributed by atoms with Gasteiger partial charge in [-0.05, 0) is 62.9 Å². The molecule has 1 aliphatic heterocycles. The standard InChI is InChI=1S/C15H15F2N.C2H7N/c16-12-7-10-5-2-6-18-8-11(9-3-1-4-9)13(14(12)17)15(10)18;1-3-2/h7-9H,1-6H2;3H,1-2H3. The van der Waals surface area contributed by atoms with E-state index in [4.69, 9.17) is 0 Å². The number of rotatable bonds is 1. The van der Waals surface area contributed by atoms with Gasteiger partial charge in [0, 0.05) is 18.1 Å². The molecule has 1 aromatic carbocycles. The Morgan fingerprint density at radius 1 is 1.19 bits per heavy atom. The van der Waals surface area contributed by atoms with Gasteiger partial charge in [0.25, 0.3) is 0 Å². The molecule has 4 rings (SSSR count). The summed E-state index contributed by atoms with van der Waals surface area (Å²) in [7, 11) is 3.75. The van der Waals surface area contributed by atoms with E-state index in [2.05, 4.69) is 16.1 Å². The minimum Gasteiger partial charge on any atom is -0.347 e. The molecule has 0 bridgehead atoms. The first kappa shape index (κ1) is 14.5. The van der Waals surface area contributed by atoms with E-state index in [0.717, 1.165) is 48.9 Å². The number of nitrogens with one attached hydrogen (secondary N) is 1. The van der Waals surface area contributed by atoms with Crippen molar-refractivity contribution in [3.8, 4) is 0 Å². The zero-order valence-electron chi connectivity index (χ0n) is 12.7. The van der Waals surface area contributed by atoms with E-state index in [1.54, 1.807) is 0 Å². The molecule has 0 saturated heterocycles. The molecule has 0 amide bonds. The SMILES string of the molecule is CNC.Fc1cc2c3c(c(C4CCC4)cn3CCC2)c1F. The number of aryl methyl sites for hydroxylation is 2. The van der Waals surface area contributed by atoms with Crippen LogP contribution in [0.2, 0.25) is 0 Å². The fraction of sp³-hybridized carbons (Fsp3) is 0.529. The van der Waals surface area contributed by atoms with E-state index in [1.165, 1.54) is 12.5 Å². The summed E-state index contributed by atoms with van der Waals surface area (Å²) in [6.45, 7) is 0.932. The maximum Gasteiger partial charge on any atom is 0.168 e. The van der Waals surface area contributed by atoms with Crippen LogP contribution in [-0.2, 0) is 13.0 Å². The van der Waals surface area contributed by atoms with Gasteiger partial charge in [0.2, 0.25) is 0 Å². The molecule has 1 saturated carbocycles. The predicted molar refractivity (Wildman–Crippen MR) is 81.8 cm³/mol. The lowest BCUT2D eigenvalue weighted by Gasteiger charge is -2.25. The monoisotopic (exact) mass is 292 g/mol. The van der Waals surface area contributed by atoms with Crippen LogP contribution in [0.5, 0.6) is 0 Å². The summed E-state index contributed by atoms with van der Waals surface area (Å²) in [5.41, 5.74) is 2.96. The maximum absolute atomic E-state index is 14.1. The molecule has 1 aliphatic carbocycles. The van der Waals surface area contributed by atoms with Crippen molar-refractivity contribution in [1.29, 1.82) is 0 Å². The quantitative estimate of drug-likeness (QED) is 0.841. The Hall–Kier alpha value is -1.42. The van der Waals surface area contributed by atoms with Crippen LogP contribution in [0.1, 0.15) is 42.7 Å². The number of hydrogen-bond acceptors (Lipinski definition) is 1. The highest BCUT2D eigenvalue weighted by Crippen LogP contribution is 2.43. The van der Waals surface area contributed by atoms with Gasteiger partial charge in [-0.3, -0.25) is 0 Å². The number of halogens is 2. The van der Waals surface area contributed by atoms with Crippen molar-refractivity contribution in [2.45, 2.75) is 44.6 Å². The number of aromatic nitrogens is 1. The van der Waals surface area contributed by atoms with Gasteiger partial charge in [-0.2, -0.15) is 0 Å². The Morgan fingerprint density at radius 3 is 2.52 bits per heavy atom. The number of benzene rings is 1. The first-order valence-corrected chi connectivity index (χ1v) is 7.75. The third-order valence-corrected chi connectivity index (χ3v) is 4.53. The zero-order valence-corrected chi connectivity index (χ0v) is 12.7. The Labute approximate surface area is 124 Å². The zero-order chi connectivity index (χ0) is 15.0. The highest BCUT2D eigenvalue weighted by molar-refractivity contribution is 5.88. The third kappa shape index (κ3) is 2.35. The van der Waals surface area contributed by atoms with Crippen molar-refractivity contribution in [3.05, 3.63) is 35.0 Å². The van der Waals surface area contributed by atoms with Crippen LogP contribution in [-0.4, -0.2) is 18.7 Å². The van der Waals surface area contributed by atoms with Crippen LogP contribution in [0.4, 0.5) is 8.78 Å². The molecule has 2 aromatic rings. The Kier molecular flexibility index (Phi) is 3.98. The van der Waals surface area contributed by atoms with Crippen molar-refractivity contribution in [3.63, 3.8) is 0 Å². The van der Waals surface area contributed by atoms with Crippen LogP contribution >= 0.6 is 0 Å². The van der Waals surface area contributed by atoms with Crippen LogP contribution in [0, 0.1) is 11.6 Å². The van der Waals surface area contributed by atoms with Gasteiger partial charge in [-0.15, -0.1) is 0 Å². The first-order chi connectivity index (χ1) is 10.2. The van der Waals surface area contributed by atoms with Crippen LogP contribution in [0.25, 0.3) is 10.9 Å². The van der Waals surface area contributed by atoms with E-state index in [0.29, 0.717) is 11.3 Å². The molecule has 2 nitrogen and oxygen atoms in total. The molecule has 0 unspecified atom stereocenters. The largest absolute Gasteiger partial charge is 0.347 e. The van der Waals surface area contributed by atoms with E-state index in [9.17, 15) is 8.78 Å². The van der Waals surface area contributed by atoms with Crippen molar-refractivity contribution < 1.29 is 8.78 Å². The Morgan fingerprint density at radius 2 is 1.90 bits per heavy atom. The highest BCUT2D eigenvalue weighted by atomic mass is 19.2.